The summed E-state index contributed by atoms with van der Waals surface area (Å²) in [6.07, 6.45) is 0. The summed E-state index contributed by atoms with van der Waals surface area (Å²) in [7, 11) is 0. The molecular weight excluding hydrogens is 273 g/mol. The maximum absolute atomic E-state index is 12.8. The van der Waals surface area contributed by atoms with Crippen LogP contribution >= 0.6 is 0 Å². The highest BCUT2D eigenvalue weighted by Crippen LogP contribution is 2.10. The summed E-state index contributed by atoms with van der Waals surface area (Å²) in [5.74, 6) is -0.222. The van der Waals surface area contributed by atoms with Gasteiger partial charge in [0.2, 0.25) is 0 Å². The molecule has 0 aliphatic rings. The SMILES string of the molecule is Cc1cc(C)n2nc(NC(=O)c3ccc(F)cc3)nc2n1. The maximum Gasteiger partial charge on any atom is 0.258 e. The third kappa shape index (κ3) is 2.58. The molecule has 0 radical (unpaired) electrons. The first-order chi connectivity index (χ1) is 10.0. The monoisotopic (exact) mass is 285 g/mol. The molecule has 0 aliphatic carbocycles. The van der Waals surface area contributed by atoms with Crippen LogP contribution in [0.1, 0.15) is 21.7 Å². The largest absolute Gasteiger partial charge is 0.289 e. The van der Waals surface area contributed by atoms with Gasteiger partial charge >= 0.3 is 0 Å². The summed E-state index contributed by atoms with van der Waals surface area (Å²) in [6, 6.07) is 7.11. The summed E-state index contributed by atoms with van der Waals surface area (Å²) in [5.41, 5.74) is 2.02. The van der Waals surface area contributed by atoms with Crippen LogP contribution in [-0.4, -0.2) is 25.5 Å². The lowest BCUT2D eigenvalue weighted by Gasteiger charge is -2.00. The van der Waals surface area contributed by atoms with E-state index < -0.39 is 11.7 Å². The third-order valence-electron chi connectivity index (χ3n) is 2.95. The molecule has 2 aromatic heterocycles. The summed E-state index contributed by atoms with van der Waals surface area (Å²) >= 11 is 0. The number of fused-ring (bicyclic) bond motifs is 1. The second kappa shape index (κ2) is 4.93. The van der Waals surface area contributed by atoms with Gasteiger partial charge in [0.25, 0.3) is 17.6 Å². The molecule has 0 aliphatic heterocycles. The number of hydrogen-bond acceptors (Lipinski definition) is 4. The average Bonchev–Trinajstić information content (AvgIpc) is 2.82. The number of rotatable bonds is 2. The second-order valence-electron chi connectivity index (χ2n) is 4.65. The van der Waals surface area contributed by atoms with Crippen LogP contribution in [0.5, 0.6) is 0 Å². The van der Waals surface area contributed by atoms with Gasteiger partial charge < -0.3 is 0 Å². The van der Waals surface area contributed by atoms with Crippen molar-refractivity contribution in [3.05, 3.63) is 53.1 Å². The normalized spacial score (nSPS) is 10.8. The molecule has 0 bridgehead atoms. The van der Waals surface area contributed by atoms with Crippen molar-refractivity contribution in [2.75, 3.05) is 5.32 Å². The van der Waals surface area contributed by atoms with Crippen LogP contribution < -0.4 is 5.32 Å². The fourth-order valence-electron chi connectivity index (χ4n) is 1.99. The number of hydrogen-bond donors (Lipinski definition) is 1. The number of carbonyl (C=O) groups excluding carboxylic acids is 1. The van der Waals surface area contributed by atoms with Crippen molar-refractivity contribution >= 4 is 17.6 Å². The summed E-state index contributed by atoms with van der Waals surface area (Å²) in [4.78, 5) is 20.4. The molecule has 6 nitrogen and oxygen atoms in total. The number of halogens is 1. The zero-order chi connectivity index (χ0) is 15.0. The van der Waals surface area contributed by atoms with Crippen molar-refractivity contribution in [2.45, 2.75) is 13.8 Å². The molecule has 1 aromatic carbocycles. The number of carbonyl (C=O) groups is 1. The Morgan fingerprint density at radius 3 is 2.62 bits per heavy atom. The van der Waals surface area contributed by atoms with E-state index in [1.54, 1.807) is 4.52 Å². The molecular formula is C14H12FN5O. The number of aromatic nitrogens is 4. The van der Waals surface area contributed by atoms with E-state index in [0.29, 0.717) is 11.3 Å². The summed E-state index contributed by atoms with van der Waals surface area (Å²) in [5, 5.41) is 6.74. The van der Waals surface area contributed by atoms with Gasteiger partial charge in [-0.2, -0.15) is 9.50 Å². The van der Waals surface area contributed by atoms with Crippen molar-refractivity contribution < 1.29 is 9.18 Å². The van der Waals surface area contributed by atoms with Gasteiger partial charge in [0, 0.05) is 17.0 Å². The number of nitrogens with zero attached hydrogens (tertiary/aromatic N) is 4. The summed E-state index contributed by atoms with van der Waals surface area (Å²) < 4.78 is 14.4. The molecule has 1 amide bonds. The Kier molecular flexibility index (Phi) is 3.09. The van der Waals surface area contributed by atoms with Gasteiger partial charge in [0.15, 0.2) is 0 Å². The van der Waals surface area contributed by atoms with E-state index in [0.717, 1.165) is 11.4 Å². The lowest BCUT2D eigenvalue weighted by Crippen LogP contribution is -2.13. The Bertz CT molecular complexity index is 825. The highest BCUT2D eigenvalue weighted by Gasteiger charge is 2.12. The van der Waals surface area contributed by atoms with Crippen molar-refractivity contribution in [2.24, 2.45) is 0 Å². The number of nitrogens with one attached hydrogen (secondary N) is 1. The van der Waals surface area contributed by atoms with E-state index in [1.807, 2.05) is 19.9 Å². The van der Waals surface area contributed by atoms with E-state index >= 15 is 0 Å². The van der Waals surface area contributed by atoms with Crippen molar-refractivity contribution in [3.63, 3.8) is 0 Å². The van der Waals surface area contributed by atoms with Crippen molar-refractivity contribution in [1.29, 1.82) is 0 Å². The molecule has 0 saturated heterocycles. The molecule has 3 rings (SSSR count). The fraction of sp³-hybridized carbons (Fsp3) is 0.143. The van der Waals surface area contributed by atoms with E-state index in [9.17, 15) is 9.18 Å². The average molecular weight is 285 g/mol. The molecule has 2 heterocycles. The predicted molar refractivity (Wildman–Crippen MR) is 74.6 cm³/mol. The highest BCUT2D eigenvalue weighted by atomic mass is 19.1. The first-order valence-corrected chi connectivity index (χ1v) is 6.31. The van der Waals surface area contributed by atoms with E-state index in [1.165, 1.54) is 24.3 Å². The van der Waals surface area contributed by atoms with E-state index in [-0.39, 0.29) is 5.95 Å². The molecule has 1 N–H and O–H groups in total. The van der Waals surface area contributed by atoms with E-state index in [4.69, 9.17) is 0 Å². The van der Waals surface area contributed by atoms with Crippen LogP contribution in [0.4, 0.5) is 10.3 Å². The molecule has 0 spiro atoms. The van der Waals surface area contributed by atoms with Crippen LogP contribution in [0, 0.1) is 19.7 Å². The van der Waals surface area contributed by atoms with E-state index in [2.05, 4.69) is 20.4 Å². The molecule has 3 aromatic rings. The minimum absolute atomic E-state index is 0.158. The number of benzene rings is 1. The minimum atomic E-state index is -0.403. The molecule has 7 heteroatoms. The van der Waals surface area contributed by atoms with Crippen LogP contribution in [-0.2, 0) is 0 Å². The Morgan fingerprint density at radius 2 is 1.90 bits per heavy atom. The zero-order valence-electron chi connectivity index (χ0n) is 11.5. The standard InChI is InChI=1S/C14H12FN5O/c1-8-7-9(2)20-14(16-8)18-13(19-20)17-12(21)10-3-5-11(15)6-4-10/h3-7H,1-2H3,(H,17,19,21). The summed E-state index contributed by atoms with van der Waals surface area (Å²) in [6.45, 7) is 3.74. The van der Waals surface area contributed by atoms with Crippen LogP contribution in [0.3, 0.4) is 0 Å². The quantitative estimate of drug-likeness (QED) is 0.783. The topological polar surface area (TPSA) is 72.2 Å². The minimum Gasteiger partial charge on any atom is -0.289 e. The maximum atomic E-state index is 12.8. The number of aryl methyl sites for hydroxylation is 2. The molecule has 106 valence electrons. The van der Waals surface area contributed by atoms with Gasteiger partial charge in [-0.25, -0.2) is 9.37 Å². The zero-order valence-corrected chi connectivity index (χ0v) is 11.5. The van der Waals surface area contributed by atoms with Gasteiger partial charge in [-0.1, -0.05) is 0 Å². The molecule has 0 atom stereocenters. The lowest BCUT2D eigenvalue weighted by atomic mass is 10.2. The Balaban J connectivity index is 1.89. The van der Waals surface area contributed by atoms with Crippen molar-refractivity contribution in [1.82, 2.24) is 19.6 Å². The van der Waals surface area contributed by atoms with Gasteiger partial charge in [-0.05, 0) is 44.2 Å². The van der Waals surface area contributed by atoms with Crippen LogP contribution in [0.25, 0.3) is 5.78 Å². The Labute approximate surface area is 119 Å². The van der Waals surface area contributed by atoms with Crippen LogP contribution in [0.15, 0.2) is 30.3 Å². The molecule has 0 unspecified atom stereocenters. The molecule has 0 fully saturated rings. The highest BCUT2D eigenvalue weighted by molar-refractivity contribution is 6.03. The molecule has 21 heavy (non-hydrogen) atoms. The second-order valence-corrected chi connectivity index (χ2v) is 4.65. The number of anilines is 1. The van der Waals surface area contributed by atoms with Gasteiger partial charge in [0.05, 0.1) is 0 Å². The molecule has 0 saturated carbocycles. The smallest absolute Gasteiger partial charge is 0.258 e. The Hall–Kier alpha value is -2.83. The first-order valence-electron chi connectivity index (χ1n) is 6.31. The fourth-order valence-corrected chi connectivity index (χ4v) is 1.99. The lowest BCUT2D eigenvalue weighted by molar-refractivity contribution is 0.102. The number of amides is 1. The predicted octanol–water partition coefficient (Wildman–Crippen LogP) is 2.13. The van der Waals surface area contributed by atoms with Gasteiger partial charge in [0.1, 0.15) is 5.82 Å². The van der Waals surface area contributed by atoms with Crippen molar-refractivity contribution in [3.8, 4) is 0 Å². The van der Waals surface area contributed by atoms with Crippen LogP contribution in [0.2, 0.25) is 0 Å². The van der Waals surface area contributed by atoms with Gasteiger partial charge in [-0.3, -0.25) is 10.1 Å². The van der Waals surface area contributed by atoms with Gasteiger partial charge in [-0.15, -0.1) is 5.10 Å². The Morgan fingerprint density at radius 1 is 1.19 bits per heavy atom. The third-order valence-corrected chi connectivity index (χ3v) is 2.95. The first kappa shape index (κ1) is 13.2.